The minimum atomic E-state index is -1.21. The largest absolute Gasteiger partial charge is 0.462 e. The number of nitro benzene ring substituents is 1. The van der Waals surface area contributed by atoms with Crippen molar-refractivity contribution in [3.05, 3.63) is 34.4 Å². The Morgan fingerprint density at radius 1 is 1.30 bits per heavy atom. The van der Waals surface area contributed by atoms with Crippen molar-refractivity contribution in [1.82, 2.24) is 0 Å². The molecule has 0 unspecified atom stereocenters. The van der Waals surface area contributed by atoms with E-state index in [1.165, 1.54) is 24.3 Å². The van der Waals surface area contributed by atoms with Crippen molar-refractivity contribution in [2.45, 2.75) is 36.9 Å². The van der Waals surface area contributed by atoms with Gasteiger partial charge in [0.2, 0.25) is 6.29 Å². The molecule has 1 heterocycles. The third kappa shape index (κ3) is 3.01. The van der Waals surface area contributed by atoms with E-state index in [4.69, 9.17) is 21.1 Å². The third-order valence-corrected chi connectivity index (χ3v) is 3.58. The van der Waals surface area contributed by atoms with Gasteiger partial charge in [0, 0.05) is 12.1 Å². The number of aliphatic hydroxyl groups excluding tert-OH is 2. The Hall–Kier alpha value is -1.41. The van der Waals surface area contributed by atoms with E-state index in [0.717, 1.165) is 0 Å². The SMILES string of the molecule is C[C@@H]1O[C@H](Oc2ccc([N+](=O)[O-])cc2)[C@@H](O)[C@@H](Cl)[C@@H]1O. The Morgan fingerprint density at radius 3 is 2.45 bits per heavy atom. The van der Waals surface area contributed by atoms with Gasteiger partial charge >= 0.3 is 0 Å². The molecule has 1 aromatic carbocycles. The van der Waals surface area contributed by atoms with Crippen molar-refractivity contribution < 1.29 is 24.6 Å². The number of nitro groups is 1. The van der Waals surface area contributed by atoms with Crippen molar-refractivity contribution in [1.29, 1.82) is 0 Å². The van der Waals surface area contributed by atoms with Crippen LogP contribution >= 0.6 is 11.6 Å². The van der Waals surface area contributed by atoms with Crippen LogP contribution in [-0.4, -0.2) is 45.1 Å². The summed E-state index contributed by atoms with van der Waals surface area (Å²) in [5.41, 5.74) is -0.0681. The Bertz CT molecular complexity index is 481. The molecule has 1 aliphatic heterocycles. The second kappa shape index (κ2) is 5.92. The Kier molecular flexibility index (Phi) is 4.44. The van der Waals surface area contributed by atoms with Gasteiger partial charge in [-0.25, -0.2) is 0 Å². The highest BCUT2D eigenvalue weighted by Gasteiger charge is 2.43. The molecule has 0 aromatic heterocycles. The molecular weight excluding hydrogens is 290 g/mol. The summed E-state index contributed by atoms with van der Waals surface area (Å²) in [4.78, 5) is 10.0. The number of non-ortho nitro benzene ring substituents is 1. The van der Waals surface area contributed by atoms with Gasteiger partial charge in [0.15, 0.2) is 0 Å². The summed E-state index contributed by atoms with van der Waals surface area (Å²) in [5, 5.41) is 29.1. The van der Waals surface area contributed by atoms with Gasteiger partial charge in [-0.3, -0.25) is 10.1 Å². The highest BCUT2D eigenvalue weighted by atomic mass is 35.5. The maximum absolute atomic E-state index is 10.5. The fourth-order valence-corrected chi connectivity index (χ4v) is 2.19. The Morgan fingerprint density at radius 2 is 1.90 bits per heavy atom. The molecule has 8 heteroatoms. The first kappa shape index (κ1) is 15.0. The number of hydrogen-bond acceptors (Lipinski definition) is 6. The van der Waals surface area contributed by atoms with Crippen LogP contribution < -0.4 is 4.74 Å². The first-order valence-electron chi connectivity index (χ1n) is 5.97. The van der Waals surface area contributed by atoms with E-state index >= 15 is 0 Å². The van der Waals surface area contributed by atoms with E-state index in [0.29, 0.717) is 5.75 Å². The molecule has 0 spiro atoms. The topological polar surface area (TPSA) is 102 Å². The third-order valence-electron chi connectivity index (χ3n) is 3.06. The first-order chi connectivity index (χ1) is 9.40. The number of benzene rings is 1. The number of ether oxygens (including phenoxy) is 2. The zero-order chi connectivity index (χ0) is 14.9. The lowest BCUT2D eigenvalue weighted by Crippen LogP contribution is -2.56. The zero-order valence-corrected chi connectivity index (χ0v) is 11.3. The fraction of sp³-hybridized carbons (Fsp3) is 0.500. The van der Waals surface area contributed by atoms with Crippen LogP contribution in [0.2, 0.25) is 0 Å². The van der Waals surface area contributed by atoms with Crippen LogP contribution in [0.4, 0.5) is 5.69 Å². The van der Waals surface area contributed by atoms with Gasteiger partial charge < -0.3 is 19.7 Å². The second-order valence-electron chi connectivity index (χ2n) is 4.50. The molecule has 1 aromatic rings. The van der Waals surface area contributed by atoms with Gasteiger partial charge in [-0.15, -0.1) is 11.6 Å². The molecule has 0 radical (unpaired) electrons. The van der Waals surface area contributed by atoms with Crippen LogP contribution in [0.5, 0.6) is 5.75 Å². The predicted molar refractivity (Wildman–Crippen MR) is 69.7 cm³/mol. The average molecular weight is 304 g/mol. The lowest BCUT2D eigenvalue weighted by atomic mass is 10.0. The molecule has 0 amide bonds. The molecule has 2 rings (SSSR count). The molecule has 20 heavy (non-hydrogen) atoms. The van der Waals surface area contributed by atoms with Crippen molar-refractivity contribution >= 4 is 17.3 Å². The van der Waals surface area contributed by atoms with E-state index in [-0.39, 0.29) is 5.69 Å². The van der Waals surface area contributed by atoms with Gasteiger partial charge in [-0.2, -0.15) is 0 Å². The fourth-order valence-electron chi connectivity index (χ4n) is 1.86. The van der Waals surface area contributed by atoms with E-state index in [9.17, 15) is 20.3 Å². The molecule has 7 nitrogen and oxygen atoms in total. The van der Waals surface area contributed by atoms with E-state index in [1.54, 1.807) is 6.92 Å². The van der Waals surface area contributed by atoms with Gasteiger partial charge in [0.05, 0.1) is 22.5 Å². The van der Waals surface area contributed by atoms with Gasteiger partial charge in [0.1, 0.15) is 11.9 Å². The standard InChI is InChI=1S/C12H14ClNO6/c1-6-10(15)9(13)11(16)12(19-6)20-8-4-2-7(3-5-8)14(17)18/h2-6,9-12,15-16H,1H3/t6-,9-,10+,11-,12+/m0/s1. The molecule has 1 fully saturated rings. The summed E-state index contributed by atoms with van der Waals surface area (Å²) in [6.45, 7) is 1.61. The maximum atomic E-state index is 10.5. The van der Waals surface area contributed by atoms with Gasteiger partial charge in [-0.05, 0) is 19.1 Å². The number of rotatable bonds is 3. The van der Waals surface area contributed by atoms with Crippen LogP contribution in [0.25, 0.3) is 0 Å². The molecule has 2 N–H and O–H groups in total. The lowest BCUT2D eigenvalue weighted by Gasteiger charge is -2.38. The van der Waals surface area contributed by atoms with Crippen LogP contribution in [-0.2, 0) is 4.74 Å². The molecular formula is C12H14ClNO6. The number of halogens is 1. The highest BCUT2D eigenvalue weighted by Crippen LogP contribution is 2.27. The van der Waals surface area contributed by atoms with E-state index in [2.05, 4.69) is 0 Å². The average Bonchev–Trinajstić information content (AvgIpc) is 2.43. The molecule has 5 atom stereocenters. The van der Waals surface area contributed by atoms with Gasteiger partial charge in [0.25, 0.3) is 5.69 Å². The quantitative estimate of drug-likeness (QED) is 0.491. The number of aliphatic hydroxyl groups is 2. The monoisotopic (exact) mass is 303 g/mol. The number of alkyl halides is 1. The summed E-state index contributed by atoms with van der Waals surface area (Å²) in [6, 6.07) is 5.35. The summed E-state index contributed by atoms with van der Waals surface area (Å²) in [5.74, 6) is 0.298. The Balaban J connectivity index is 2.07. The minimum Gasteiger partial charge on any atom is -0.462 e. The molecule has 110 valence electrons. The molecule has 0 saturated carbocycles. The maximum Gasteiger partial charge on any atom is 0.269 e. The van der Waals surface area contributed by atoms with Crippen molar-refractivity contribution in [2.24, 2.45) is 0 Å². The van der Waals surface area contributed by atoms with E-state index < -0.39 is 34.9 Å². The first-order valence-corrected chi connectivity index (χ1v) is 6.40. The summed E-state index contributed by atoms with van der Waals surface area (Å²) >= 11 is 5.89. The summed E-state index contributed by atoms with van der Waals surface area (Å²) in [6.07, 6.45) is -3.84. The normalized spacial score (nSPS) is 33.7. The van der Waals surface area contributed by atoms with Crippen molar-refractivity contribution in [3.8, 4) is 5.75 Å². The summed E-state index contributed by atoms with van der Waals surface area (Å²) < 4.78 is 10.7. The van der Waals surface area contributed by atoms with Crippen LogP contribution in [0.3, 0.4) is 0 Å². The summed E-state index contributed by atoms with van der Waals surface area (Å²) in [7, 11) is 0. The molecule has 1 saturated heterocycles. The second-order valence-corrected chi connectivity index (χ2v) is 5.01. The number of nitrogens with zero attached hydrogens (tertiary/aromatic N) is 1. The predicted octanol–water partition coefficient (Wildman–Crippen LogP) is 1.05. The highest BCUT2D eigenvalue weighted by molar-refractivity contribution is 6.21. The Labute approximate surface area is 119 Å². The molecule has 0 bridgehead atoms. The van der Waals surface area contributed by atoms with Crippen LogP contribution in [0.15, 0.2) is 24.3 Å². The van der Waals surface area contributed by atoms with E-state index in [1.807, 2.05) is 0 Å². The smallest absolute Gasteiger partial charge is 0.269 e. The van der Waals surface area contributed by atoms with Crippen LogP contribution in [0, 0.1) is 10.1 Å². The number of hydrogen-bond donors (Lipinski definition) is 2. The minimum absolute atomic E-state index is 0.0681. The van der Waals surface area contributed by atoms with Crippen molar-refractivity contribution in [2.75, 3.05) is 0 Å². The van der Waals surface area contributed by atoms with Crippen molar-refractivity contribution in [3.63, 3.8) is 0 Å². The van der Waals surface area contributed by atoms with Crippen LogP contribution in [0.1, 0.15) is 6.92 Å². The zero-order valence-electron chi connectivity index (χ0n) is 10.5. The lowest BCUT2D eigenvalue weighted by molar-refractivity contribution is -0.384. The molecule has 0 aliphatic carbocycles. The molecule has 1 aliphatic rings. The van der Waals surface area contributed by atoms with Gasteiger partial charge in [-0.1, -0.05) is 0 Å².